The second kappa shape index (κ2) is 5.26. The normalized spacial score (nSPS) is 10.4. The van der Waals surface area contributed by atoms with Crippen LogP contribution in [0.1, 0.15) is 12.8 Å². The van der Waals surface area contributed by atoms with Crippen molar-refractivity contribution in [2.24, 2.45) is 0 Å². The number of aryl methyl sites for hydroxylation is 1. The highest BCUT2D eigenvalue weighted by molar-refractivity contribution is 5.66. The molecule has 2 aromatic rings. The molecule has 0 aliphatic carbocycles. The van der Waals surface area contributed by atoms with Crippen molar-refractivity contribution in [2.45, 2.75) is 19.4 Å². The van der Waals surface area contributed by atoms with Crippen LogP contribution in [0.25, 0.3) is 11.4 Å². The maximum absolute atomic E-state index is 10.4. The van der Waals surface area contributed by atoms with Gasteiger partial charge in [0.25, 0.3) is 0 Å². The number of anilines is 1. The molecule has 0 fully saturated rings. The molecule has 2 rings (SSSR count). The Morgan fingerprint density at radius 1 is 1.44 bits per heavy atom. The third kappa shape index (κ3) is 3.03. The van der Waals surface area contributed by atoms with Crippen molar-refractivity contribution in [2.75, 3.05) is 5.73 Å². The molecule has 18 heavy (non-hydrogen) atoms. The van der Waals surface area contributed by atoms with Crippen LogP contribution in [0.5, 0.6) is 0 Å². The summed E-state index contributed by atoms with van der Waals surface area (Å²) in [5.74, 6) is -0.344. The lowest BCUT2D eigenvalue weighted by atomic mass is 10.2. The summed E-state index contributed by atoms with van der Waals surface area (Å²) in [6, 6.07) is 7.20. The fourth-order valence-electron chi connectivity index (χ4n) is 1.50. The van der Waals surface area contributed by atoms with Gasteiger partial charge in [0.1, 0.15) is 0 Å². The van der Waals surface area contributed by atoms with E-state index in [1.165, 1.54) is 4.80 Å². The quantitative estimate of drug-likeness (QED) is 0.756. The Balaban J connectivity index is 2.04. The lowest BCUT2D eigenvalue weighted by Crippen LogP contribution is -2.05. The van der Waals surface area contributed by atoms with Crippen molar-refractivity contribution in [3.8, 4) is 11.4 Å². The molecular weight excluding hydrogens is 234 g/mol. The van der Waals surface area contributed by atoms with E-state index in [-0.39, 0.29) is 6.42 Å². The zero-order valence-electron chi connectivity index (χ0n) is 9.65. The highest BCUT2D eigenvalue weighted by Gasteiger charge is 2.06. The third-order valence-electron chi connectivity index (χ3n) is 2.35. The Hall–Kier alpha value is -2.44. The molecule has 0 atom stereocenters. The van der Waals surface area contributed by atoms with Crippen LogP contribution in [-0.2, 0) is 11.3 Å². The molecule has 0 amide bonds. The van der Waals surface area contributed by atoms with Gasteiger partial charge in [0, 0.05) is 17.7 Å². The standard InChI is InChI=1S/C11H13N5O2/c12-9-4-1-3-8(7-9)11-13-15-16(14-11)6-2-5-10(17)18/h1,3-4,7H,2,5-6,12H2,(H,17,18). The van der Waals surface area contributed by atoms with E-state index in [1.54, 1.807) is 12.1 Å². The number of aliphatic carboxylic acids is 1. The molecule has 1 heterocycles. The van der Waals surface area contributed by atoms with Crippen LogP contribution < -0.4 is 5.73 Å². The molecule has 1 aromatic heterocycles. The number of rotatable bonds is 5. The lowest BCUT2D eigenvalue weighted by molar-refractivity contribution is -0.137. The first-order valence-corrected chi connectivity index (χ1v) is 5.50. The van der Waals surface area contributed by atoms with E-state index >= 15 is 0 Å². The van der Waals surface area contributed by atoms with Crippen molar-refractivity contribution in [3.63, 3.8) is 0 Å². The second-order valence-corrected chi connectivity index (χ2v) is 3.83. The van der Waals surface area contributed by atoms with Gasteiger partial charge < -0.3 is 10.8 Å². The van der Waals surface area contributed by atoms with Crippen LogP contribution >= 0.6 is 0 Å². The molecule has 0 aliphatic rings. The first-order valence-electron chi connectivity index (χ1n) is 5.50. The molecule has 94 valence electrons. The molecule has 7 heteroatoms. The number of nitrogen functional groups attached to an aromatic ring is 1. The van der Waals surface area contributed by atoms with Gasteiger partial charge in [-0.1, -0.05) is 12.1 Å². The van der Waals surface area contributed by atoms with Gasteiger partial charge in [0.15, 0.2) is 0 Å². The summed E-state index contributed by atoms with van der Waals surface area (Å²) >= 11 is 0. The van der Waals surface area contributed by atoms with Gasteiger partial charge in [-0.05, 0) is 23.8 Å². The van der Waals surface area contributed by atoms with Crippen LogP contribution in [0.15, 0.2) is 24.3 Å². The summed E-state index contributed by atoms with van der Waals surface area (Å²) in [4.78, 5) is 11.8. The highest BCUT2D eigenvalue weighted by atomic mass is 16.4. The predicted octanol–water partition coefficient (Wildman–Crippen LogP) is 0.787. The molecule has 0 saturated carbocycles. The van der Waals surface area contributed by atoms with E-state index in [9.17, 15) is 4.79 Å². The number of hydrogen-bond donors (Lipinski definition) is 2. The first-order chi connectivity index (χ1) is 8.65. The van der Waals surface area contributed by atoms with Crippen LogP contribution in [0.3, 0.4) is 0 Å². The minimum absolute atomic E-state index is 0.0924. The van der Waals surface area contributed by atoms with Crippen molar-refractivity contribution in [1.82, 2.24) is 20.2 Å². The SMILES string of the molecule is Nc1cccc(-c2nnn(CCCC(=O)O)n2)c1. The van der Waals surface area contributed by atoms with Gasteiger partial charge >= 0.3 is 5.97 Å². The minimum Gasteiger partial charge on any atom is -0.481 e. The monoisotopic (exact) mass is 247 g/mol. The fourth-order valence-corrected chi connectivity index (χ4v) is 1.50. The molecule has 0 unspecified atom stereocenters. The number of nitrogens with zero attached hydrogens (tertiary/aromatic N) is 4. The van der Waals surface area contributed by atoms with Crippen LogP contribution in [0.4, 0.5) is 5.69 Å². The first kappa shape index (κ1) is 12.0. The van der Waals surface area contributed by atoms with E-state index in [2.05, 4.69) is 15.4 Å². The molecule has 0 aliphatic heterocycles. The van der Waals surface area contributed by atoms with Gasteiger partial charge in [0.2, 0.25) is 5.82 Å². The minimum atomic E-state index is -0.828. The molecule has 7 nitrogen and oxygen atoms in total. The molecule has 0 bridgehead atoms. The van der Waals surface area contributed by atoms with Gasteiger partial charge in [-0.3, -0.25) is 4.79 Å². The maximum Gasteiger partial charge on any atom is 0.303 e. The Morgan fingerprint density at radius 3 is 3.00 bits per heavy atom. The number of carbonyl (C=O) groups is 1. The van der Waals surface area contributed by atoms with Gasteiger partial charge in [0.05, 0.1) is 6.54 Å². The van der Waals surface area contributed by atoms with E-state index in [0.29, 0.717) is 24.5 Å². The van der Waals surface area contributed by atoms with Crippen molar-refractivity contribution < 1.29 is 9.90 Å². The number of benzene rings is 1. The number of carboxylic acid groups (broad SMARTS) is 1. The molecule has 0 saturated heterocycles. The summed E-state index contributed by atoms with van der Waals surface area (Å²) in [5, 5.41) is 20.5. The largest absolute Gasteiger partial charge is 0.481 e. The fraction of sp³-hybridized carbons (Fsp3) is 0.273. The zero-order chi connectivity index (χ0) is 13.0. The number of hydrogen-bond acceptors (Lipinski definition) is 5. The Bertz CT molecular complexity index is 552. The Kier molecular flexibility index (Phi) is 3.52. The van der Waals surface area contributed by atoms with E-state index in [0.717, 1.165) is 5.56 Å². The second-order valence-electron chi connectivity index (χ2n) is 3.83. The topological polar surface area (TPSA) is 107 Å². The maximum atomic E-state index is 10.4. The average molecular weight is 247 g/mol. The van der Waals surface area contributed by atoms with Crippen LogP contribution in [-0.4, -0.2) is 31.3 Å². The number of tetrazole rings is 1. The Morgan fingerprint density at radius 2 is 2.28 bits per heavy atom. The van der Waals surface area contributed by atoms with Gasteiger partial charge in [-0.25, -0.2) is 0 Å². The number of nitrogens with two attached hydrogens (primary N) is 1. The van der Waals surface area contributed by atoms with Crippen LogP contribution in [0, 0.1) is 0 Å². The summed E-state index contributed by atoms with van der Waals surface area (Å²) < 4.78 is 0. The smallest absolute Gasteiger partial charge is 0.303 e. The van der Waals surface area contributed by atoms with Gasteiger partial charge in [-0.15, -0.1) is 10.2 Å². The molecule has 3 N–H and O–H groups in total. The molecule has 0 radical (unpaired) electrons. The van der Waals surface area contributed by atoms with Gasteiger partial charge in [-0.2, -0.15) is 4.80 Å². The molecule has 1 aromatic carbocycles. The molecular formula is C11H13N5O2. The summed E-state index contributed by atoms with van der Waals surface area (Å²) in [7, 11) is 0. The number of carboxylic acids is 1. The highest BCUT2D eigenvalue weighted by Crippen LogP contribution is 2.16. The summed E-state index contributed by atoms with van der Waals surface area (Å²) in [6.45, 7) is 0.432. The summed E-state index contributed by atoms with van der Waals surface area (Å²) in [6.07, 6.45) is 0.567. The third-order valence-corrected chi connectivity index (χ3v) is 2.35. The Labute approximate surface area is 103 Å². The average Bonchev–Trinajstić information content (AvgIpc) is 2.77. The van der Waals surface area contributed by atoms with E-state index in [1.807, 2.05) is 12.1 Å². The van der Waals surface area contributed by atoms with Crippen molar-refractivity contribution in [3.05, 3.63) is 24.3 Å². The molecule has 0 spiro atoms. The predicted molar refractivity (Wildman–Crippen MR) is 64.5 cm³/mol. The van der Waals surface area contributed by atoms with Crippen molar-refractivity contribution in [1.29, 1.82) is 0 Å². The lowest BCUT2D eigenvalue weighted by Gasteiger charge is -1.97. The van der Waals surface area contributed by atoms with E-state index in [4.69, 9.17) is 10.8 Å². The van der Waals surface area contributed by atoms with Crippen molar-refractivity contribution >= 4 is 11.7 Å². The number of aromatic nitrogens is 4. The zero-order valence-corrected chi connectivity index (χ0v) is 9.65. The summed E-state index contributed by atoms with van der Waals surface area (Å²) in [5.41, 5.74) is 7.09. The van der Waals surface area contributed by atoms with E-state index < -0.39 is 5.97 Å². The van der Waals surface area contributed by atoms with Crippen LogP contribution in [0.2, 0.25) is 0 Å².